The van der Waals surface area contributed by atoms with Gasteiger partial charge in [0.25, 0.3) is 0 Å². The number of hydrogen-bond acceptors (Lipinski definition) is 1. The molecule has 0 aliphatic heterocycles. The Labute approximate surface area is 120 Å². The third-order valence-corrected chi connectivity index (χ3v) is 3.20. The number of rotatable bonds is 5. The lowest BCUT2D eigenvalue weighted by Crippen LogP contribution is -2.44. The molecule has 1 unspecified atom stereocenters. The highest BCUT2D eigenvalue weighted by atomic mass is 19.4. The fraction of sp³-hybridized carbons (Fsp3) is 0.933. The topological polar surface area (TPSA) is 29.1 Å². The number of hydrogen-bond donors (Lipinski definition) is 1. The van der Waals surface area contributed by atoms with Crippen LogP contribution < -0.4 is 5.32 Å². The van der Waals surface area contributed by atoms with Crippen molar-refractivity contribution in [3.05, 3.63) is 0 Å². The second-order valence-corrected chi connectivity index (χ2v) is 7.70. The molecule has 5 heteroatoms. The molecule has 0 fully saturated rings. The Morgan fingerprint density at radius 3 is 1.85 bits per heavy atom. The summed E-state index contributed by atoms with van der Waals surface area (Å²) in [6, 6.07) is -0.109. The number of carbonyl (C=O) groups is 1. The molecule has 0 spiro atoms. The van der Waals surface area contributed by atoms with Crippen molar-refractivity contribution in [1.82, 2.24) is 5.32 Å². The average Bonchev–Trinajstić information content (AvgIpc) is 2.17. The molecule has 0 bridgehead atoms. The van der Waals surface area contributed by atoms with Crippen LogP contribution in [0.1, 0.15) is 67.2 Å². The van der Waals surface area contributed by atoms with E-state index in [1.165, 1.54) is 0 Å². The Morgan fingerprint density at radius 2 is 1.50 bits per heavy atom. The molecule has 0 aliphatic rings. The van der Waals surface area contributed by atoms with Crippen LogP contribution in [-0.4, -0.2) is 18.1 Å². The van der Waals surface area contributed by atoms with Crippen molar-refractivity contribution < 1.29 is 18.0 Å². The zero-order valence-corrected chi connectivity index (χ0v) is 13.4. The van der Waals surface area contributed by atoms with E-state index >= 15 is 0 Å². The first-order valence-corrected chi connectivity index (χ1v) is 7.07. The summed E-state index contributed by atoms with van der Waals surface area (Å²) in [5.41, 5.74) is -0.0284. The number of halogens is 3. The maximum absolute atomic E-state index is 12.1. The summed E-state index contributed by atoms with van der Waals surface area (Å²) in [6.07, 6.45) is -4.15. The van der Waals surface area contributed by atoms with Gasteiger partial charge >= 0.3 is 6.18 Å². The molecule has 1 N–H and O–H groups in total. The maximum Gasteiger partial charge on any atom is 0.389 e. The van der Waals surface area contributed by atoms with Gasteiger partial charge in [0.2, 0.25) is 5.91 Å². The molecule has 0 aromatic rings. The smallest absolute Gasteiger partial charge is 0.353 e. The summed E-state index contributed by atoms with van der Waals surface area (Å²) < 4.78 is 36.3. The molecule has 0 saturated heterocycles. The molecule has 1 amide bonds. The maximum atomic E-state index is 12.1. The monoisotopic (exact) mass is 295 g/mol. The molecule has 1 atom stereocenters. The van der Waals surface area contributed by atoms with Gasteiger partial charge < -0.3 is 5.32 Å². The minimum Gasteiger partial charge on any atom is -0.353 e. The summed E-state index contributed by atoms with van der Waals surface area (Å²) in [5.74, 6) is -0.517. The van der Waals surface area contributed by atoms with Crippen LogP contribution in [0.15, 0.2) is 0 Å². The number of carbonyl (C=O) groups excluding carboxylic acids is 1. The fourth-order valence-corrected chi connectivity index (χ4v) is 1.82. The lowest BCUT2D eigenvalue weighted by atomic mass is 9.79. The SMILES string of the molecule is CC(C)(C)CCC(NC(=O)CCC(F)(F)F)C(C)(C)C. The van der Waals surface area contributed by atoms with E-state index in [1.807, 2.05) is 20.8 Å². The van der Waals surface area contributed by atoms with Crippen LogP contribution in [0, 0.1) is 10.8 Å². The Morgan fingerprint density at radius 1 is 1.00 bits per heavy atom. The van der Waals surface area contributed by atoms with Gasteiger partial charge in [-0.05, 0) is 23.7 Å². The lowest BCUT2D eigenvalue weighted by molar-refractivity contribution is -0.144. The predicted molar refractivity (Wildman–Crippen MR) is 75.4 cm³/mol. The highest BCUT2D eigenvalue weighted by molar-refractivity contribution is 5.76. The molecular weight excluding hydrogens is 267 g/mol. The molecule has 0 rings (SSSR count). The molecular formula is C15H28F3NO. The largest absolute Gasteiger partial charge is 0.389 e. The third-order valence-electron chi connectivity index (χ3n) is 3.20. The van der Waals surface area contributed by atoms with E-state index in [9.17, 15) is 18.0 Å². The molecule has 0 aromatic carbocycles. The first-order chi connectivity index (χ1) is 8.71. The highest BCUT2D eigenvalue weighted by Crippen LogP contribution is 2.29. The van der Waals surface area contributed by atoms with Crippen molar-refractivity contribution in [3.8, 4) is 0 Å². The van der Waals surface area contributed by atoms with Crippen LogP contribution in [0.2, 0.25) is 0 Å². The summed E-state index contributed by atoms with van der Waals surface area (Å²) in [4.78, 5) is 11.7. The van der Waals surface area contributed by atoms with E-state index < -0.39 is 24.9 Å². The lowest BCUT2D eigenvalue weighted by Gasteiger charge is -2.33. The second-order valence-electron chi connectivity index (χ2n) is 7.70. The van der Waals surface area contributed by atoms with Crippen LogP contribution >= 0.6 is 0 Å². The first-order valence-electron chi connectivity index (χ1n) is 7.07. The van der Waals surface area contributed by atoms with E-state index in [4.69, 9.17) is 0 Å². The van der Waals surface area contributed by atoms with Crippen molar-refractivity contribution in [2.24, 2.45) is 10.8 Å². The fourth-order valence-electron chi connectivity index (χ4n) is 1.82. The van der Waals surface area contributed by atoms with Crippen LogP contribution in [0.5, 0.6) is 0 Å². The van der Waals surface area contributed by atoms with Crippen molar-refractivity contribution in [1.29, 1.82) is 0 Å². The summed E-state index contributed by atoms with van der Waals surface area (Å²) in [7, 11) is 0. The summed E-state index contributed by atoms with van der Waals surface area (Å²) in [6.45, 7) is 12.3. The van der Waals surface area contributed by atoms with Gasteiger partial charge in [-0.2, -0.15) is 13.2 Å². The van der Waals surface area contributed by atoms with E-state index in [0.717, 1.165) is 12.8 Å². The third kappa shape index (κ3) is 10.1. The van der Waals surface area contributed by atoms with E-state index in [2.05, 4.69) is 26.1 Å². The molecule has 0 saturated carbocycles. The van der Waals surface area contributed by atoms with Crippen LogP contribution in [0.4, 0.5) is 13.2 Å². The van der Waals surface area contributed by atoms with Gasteiger partial charge in [0.15, 0.2) is 0 Å². The van der Waals surface area contributed by atoms with Gasteiger partial charge in [-0.15, -0.1) is 0 Å². The quantitative estimate of drug-likeness (QED) is 0.783. The standard InChI is InChI=1S/C15H28F3NO/c1-13(2,3)9-7-11(14(4,5)6)19-12(20)8-10-15(16,17)18/h11H,7-10H2,1-6H3,(H,19,20). The van der Waals surface area contributed by atoms with Gasteiger partial charge in [0.1, 0.15) is 0 Å². The summed E-state index contributed by atoms with van der Waals surface area (Å²) in [5, 5.41) is 2.76. The summed E-state index contributed by atoms with van der Waals surface area (Å²) >= 11 is 0. The molecule has 20 heavy (non-hydrogen) atoms. The molecule has 120 valence electrons. The zero-order valence-electron chi connectivity index (χ0n) is 13.4. The van der Waals surface area contributed by atoms with Gasteiger partial charge in [-0.1, -0.05) is 41.5 Å². The van der Waals surface area contributed by atoms with Crippen molar-refractivity contribution in [2.45, 2.75) is 79.4 Å². The van der Waals surface area contributed by atoms with Gasteiger partial charge in [-0.3, -0.25) is 4.79 Å². The Balaban J connectivity index is 4.48. The minimum absolute atomic E-state index is 0.109. The van der Waals surface area contributed by atoms with E-state index in [-0.39, 0.29) is 16.9 Å². The Kier molecular flexibility index (Phi) is 6.56. The van der Waals surface area contributed by atoms with Crippen molar-refractivity contribution in [3.63, 3.8) is 0 Å². The molecule has 0 radical (unpaired) electrons. The molecule has 0 aliphatic carbocycles. The van der Waals surface area contributed by atoms with E-state index in [0.29, 0.717) is 0 Å². The van der Waals surface area contributed by atoms with Crippen LogP contribution in [0.3, 0.4) is 0 Å². The molecule has 0 aromatic heterocycles. The van der Waals surface area contributed by atoms with Gasteiger partial charge in [-0.25, -0.2) is 0 Å². The zero-order chi connectivity index (χ0) is 16.2. The van der Waals surface area contributed by atoms with Crippen LogP contribution in [0.25, 0.3) is 0 Å². The average molecular weight is 295 g/mol. The Hall–Kier alpha value is -0.740. The molecule has 0 heterocycles. The van der Waals surface area contributed by atoms with Gasteiger partial charge in [0.05, 0.1) is 6.42 Å². The van der Waals surface area contributed by atoms with Gasteiger partial charge in [0, 0.05) is 12.5 Å². The minimum atomic E-state index is -4.28. The predicted octanol–water partition coefficient (Wildman–Crippen LogP) is 4.69. The van der Waals surface area contributed by atoms with E-state index in [1.54, 1.807) is 0 Å². The highest BCUT2D eigenvalue weighted by Gasteiger charge is 2.31. The van der Waals surface area contributed by atoms with Crippen molar-refractivity contribution >= 4 is 5.91 Å². The van der Waals surface area contributed by atoms with Crippen LogP contribution in [-0.2, 0) is 4.79 Å². The normalized spacial score (nSPS) is 15.1. The molecule has 2 nitrogen and oxygen atoms in total. The number of nitrogens with one attached hydrogen (secondary N) is 1. The number of amides is 1. The van der Waals surface area contributed by atoms with Crippen molar-refractivity contribution in [2.75, 3.05) is 0 Å². The first kappa shape index (κ1) is 19.3. The number of alkyl halides is 3. The Bertz CT molecular complexity index is 311. The second kappa shape index (κ2) is 6.81.